The third-order valence-electron chi connectivity index (χ3n) is 6.71. The van der Waals surface area contributed by atoms with Crippen LogP contribution < -0.4 is 14.9 Å². The van der Waals surface area contributed by atoms with Crippen LogP contribution in [0.4, 0.5) is 0 Å². The number of aromatic amines is 1. The summed E-state index contributed by atoms with van der Waals surface area (Å²) in [6, 6.07) is 24.6. The Hall–Kier alpha value is -3.30. The lowest BCUT2D eigenvalue weighted by molar-refractivity contribution is -0.688. The summed E-state index contributed by atoms with van der Waals surface area (Å²) in [5.74, 6) is 0. The fourth-order valence-electron chi connectivity index (χ4n) is 4.32. The first kappa shape index (κ1) is 25.8. The van der Waals surface area contributed by atoms with Gasteiger partial charge in [0.15, 0.2) is 31.3 Å². The summed E-state index contributed by atoms with van der Waals surface area (Å²) < 4.78 is 2.22. The Balaban J connectivity index is 1.35. The maximum Gasteiger partial charge on any atom is 0.173 e. The van der Waals surface area contributed by atoms with Gasteiger partial charge >= 0.3 is 0 Å². The molecule has 0 aliphatic carbocycles. The van der Waals surface area contributed by atoms with Gasteiger partial charge in [0.2, 0.25) is 0 Å². The molecule has 0 amide bonds. The summed E-state index contributed by atoms with van der Waals surface area (Å²) >= 11 is 0. The highest BCUT2D eigenvalue weighted by Gasteiger charge is 2.20. The molecule has 0 bridgehead atoms. The van der Waals surface area contributed by atoms with E-state index in [1.165, 1.54) is 38.9 Å². The molecule has 0 radical (unpaired) electrons. The smallest absolute Gasteiger partial charge is 0.173 e. The van der Waals surface area contributed by atoms with Crippen LogP contribution in [0.5, 0.6) is 0 Å². The Kier molecular flexibility index (Phi) is 7.70. The standard InChI is InChI=1S/C33H40N3/c1-32(2,3)30-19-27(20-31(21-30)33(4,5)6)23-35-22-25-7-9-26(10-8-25)24-36-17-13-29(14-18-36)28-11-15-34-16-12-28/h7-21,35H,22-24H2,1-6H3/q+1/p+1. The van der Waals surface area contributed by atoms with Gasteiger partial charge in [0.25, 0.3) is 0 Å². The van der Waals surface area contributed by atoms with Gasteiger partial charge in [-0.3, -0.25) is 0 Å². The van der Waals surface area contributed by atoms with Crippen LogP contribution in [0.1, 0.15) is 69.4 Å². The van der Waals surface area contributed by atoms with Gasteiger partial charge in [0.05, 0.1) is 0 Å². The maximum atomic E-state index is 3.66. The van der Waals surface area contributed by atoms with Crippen LogP contribution in [0.2, 0.25) is 0 Å². The summed E-state index contributed by atoms with van der Waals surface area (Å²) in [7, 11) is 0. The fourth-order valence-corrected chi connectivity index (χ4v) is 4.32. The molecule has 3 heteroatoms. The van der Waals surface area contributed by atoms with Gasteiger partial charge in [-0.15, -0.1) is 0 Å². The average molecular weight is 480 g/mol. The quantitative estimate of drug-likeness (QED) is 0.306. The second kappa shape index (κ2) is 10.8. The van der Waals surface area contributed by atoms with Crippen molar-refractivity contribution in [2.45, 2.75) is 72.0 Å². The first-order chi connectivity index (χ1) is 17.1. The summed E-state index contributed by atoms with van der Waals surface area (Å²) in [5.41, 5.74) is 9.52. The summed E-state index contributed by atoms with van der Waals surface area (Å²) in [6.45, 7) is 16.4. The molecular weight excluding hydrogens is 438 g/mol. The third kappa shape index (κ3) is 6.89. The van der Waals surface area contributed by atoms with E-state index < -0.39 is 0 Å². The summed E-state index contributed by atoms with van der Waals surface area (Å²) in [4.78, 5) is 3.08. The molecule has 0 unspecified atom stereocenters. The number of H-pyrrole nitrogens is 1. The summed E-state index contributed by atoms with van der Waals surface area (Å²) in [5, 5.41) is 3.66. The van der Waals surface area contributed by atoms with Crippen LogP contribution in [0.15, 0.2) is 91.5 Å². The Morgan fingerprint density at radius 3 is 1.67 bits per heavy atom. The van der Waals surface area contributed by atoms with Gasteiger partial charge < -0.3 is 5.32 Å². The molecule has 0 saturated carbocycles. The lowest BCUT2D eigenvalue weighted by Gasteiger charge is -2.26. The molecule has 2 aromatic carbocycles. The Morgan fingerprint density at radius 1 is 0.611 bits per heavy atom. The maximum absolute atomic E-state index is 3.66. The third-order valence-corrected chi connectivity index (χ3v) is 6.71. The normalized spacial score (nSPS) is 12.1. The monoisotopic (exact) mass is 479 g/mol. The van der Waals surface area contributed by atoms with E-state index in [4.69, 9.17) is 0 Å². The first-order valence-corrected chi connectivity index (χ1v) is 13.0. The highest BCUT2D eigenvalue weighted by atomic mass is 14.9. The number of hydrogen-bond acceptors (Lipinski definition) is 1. The molecule has 2 heterocycles. The second-order valence-electron chi connectivity index (χ2n) is 11.9. The zero-order valence-electron chi connectivity index (χ0n) is 22.7. The Morgan fingerprint density at radius 2 is 1.11 bits per heavy atom. The van der Waals surface area contributed by atoms with E-state index in [0.717, 1.165) is 19.6 Å². The number of benzene rings is 2. The Labute approximate surface area is 217 Å². The van der Waals surface area contributed by atoms with E-state index in [1.807, 2.05) is 12.4 Å². The predicted molar refractivity (Wildman–Crippen MR) is 149 cm³/mol. The van der Waals surface area contributed by atoms with Crippen molar-refractivity contribution in [2.75, 3.05) is 0 Å². The van der Waals surface area contributed by atoms with Crippen LogP contribution in [0, 0.1) is 0 Å². The van der Waals surface area contributed by atoms with Crippen LogP contribution in [0.25, 0.3) is 11.1 Å². The van der Waals surface area contributed by atoms with Gasteiger partial charge in [-0.05, 0) is 44.2 Å². The highest BCUT2D eigenvalue weighted by Crippen LogP contribution is 2.30. The van der Waals surface area contributed by atoms with Crippen LogP contribution in [-0.2, 0) is 30.5 Å². The molecule has 2 N–H and O–H groups in total. The van der Waals surface area contributed by atoms with Crippen molar-refractivity contribution in [3.05, 3.63) is 119 Å². The summed E-state index contributed by atoms with van der Waals surface area (Å²) in [6.07, 6.45) is 8.22. The van der Waals surface area contributed by atoms with Crippen LogP contribution in [0.3, 0.4) is 0 Å². The SMILES string of the molecule is CC(C)(C)c1cc(CNCc2ccc(C[n+]3ccc(-c4cc[nH+]cc4)cc3)cc2)cc(C(C)(C)C)c1. The number of nitrogens with zero attached hydrogens (tertiary/aromatic N) is 1. The van der Waals surface area contributed by atoms with E-state index in [1.54, 1.807) is 0 Å². The molecule has 0 aliphatic heterocycles. The lowest BCUT2D eigenvalue weighted by atomic mass is 9.79. The molecule has 4 rings (SSSR count). The van der Waals surface area contributed by atoms with Crippen LogP contribution in [-0.4, -0.2) is 0 Å². The van der Waals surface area contributed by atoms with E-state index in [0.29, 0.717) is 0 Å². The van der Waals surface area contributed by atoms with Crippen molar-refractivity contribution in [1.82, 2.24) is 5.32 Å². The Bertz CT molecular complexity index is 1230. The molecule has 0 atom stereocenters. The van der Waals surface area contributed by atoms with Crippen molar-refractivity contribution in [2.24, 2.45) is 0 Å². The molecule has 186 valence electrons. The molecular formula is C33H41N3+2. The van der Waals surface area contributed by atoms with Gasteiger partial charge in [-0.2, -0.15) is 0 Å². The molecule has 0 fully saturated rings. The number of hydrogen-bond donors (Lipinski definition) is 1. The topological polar surface area (TPSA) is 30.1 Å². The van der Waals surface area contributed by atoms with E-state index in [9.17, 15) is 0 Å². The number of aromatic nitrogens is 2. The number of pyridine rings is 2. The van der Waals surface area contributed by atoms with E-state index in [-0.39, 0.29) is 10.8 Å². The molecule has 0 aliphatic rings. The van der Waals surface area contributed by atoms with Crippen molar-refractivity contribution < 1.29 is 9.55 Å². The largest absolute Gasteiger partial charge is 0.309 e. The zero-order chi connectivity index (χ0) is 25.8. The van der Waals surface area contributed by atoms with Crippen molar-refractivity contribution >= 4 is 0 Å². The molecule has 36 heavy (non-hydrogen) atoms. The lowest BCUT2D eigenvalue weighted by Crippen LogP contribution is -2.33. The molecule has 4 aromatic rings. The predicted octanol–water partition coefficient (Wildman–Crippen LogP) is 6.39. The van der Waals surface area contributed by atoms with Gasteiger partial charge in [-0.1, -0.05) is 84.0 Å². The minimum absolute atomic E-state index is 0.143. The zero-order valence-corrected chi connectivity index (χ0v) is 22.7. The van der Waals surface area contributed by atoms with Crippen molar-refractivity contribution in [1.29, 1.82) is 0 Å². The molecule has 3 nitrogen and oxygen atoms in total. The van der Waals surface area contributed by atoms with E-state index >= 15 is 0 Å². The molecule has 2 aromatic heterocycles. The van der Waals surface area contributed by atoms with Gasteiger partial charge in [-0.25, -0.2) is 9.55 Å². The van der Waals surface area contributed by atoms with Crippen molar-refractivity contribution in [3.8, 4) is 11.1 Å². The second-order valence-corrected chi connectivity index (χ2v) is 11.9. The first-order valence-electron chi connectivity index (χ1n) is 13.0. The molecule has 0 saturated heterocycles. The number of nitrogens with one attached hydrogen (secondary N) is 2. The minimum atomic E-state index is 0.143. The fraction of sp³-hybridized carbons (Fsp3) is 0.333. The average Bonchev–Trinajstić information content (AvgIpc) is 2.85. The van der Waals surface area contributed by atoms with E-state index in [2.05, 4.69) is 136 Å². The number of rotatable bonds is 7. The van der Waals surface area contributed by atoms with Crippen molar-refractivity contribution in [3.63, 3.8) is 0 Å². The van der Waals surface area contributed by atoms with Gasteiger partial charge in [0.1, 0.15) is 0 Å². The van der Waals surface area contributed by atoms with Crippen LogP contribution >= 0.6 is 0 Å². The molecule has 0 spiro atoms. The highest BCUT2D eigenvalue weighted by molar-refractivity contribution is 5.60. The van der Waals surface area contributed by atoms with Gasteiger partial charge in [0, 0.05) is 42.9 Å². The minimum Gasteiger partial charge on any atom is -0.309 e.